The highest BCUT2D eigenvalue weighted by molar-refractivity contribution is 5.94. The molecule has 0 radical (unpaired) electrons. The normalized spacial score (nSPS) is 13.7. The molecule has 0 aliphatic heterocycles. The minimum absolute atomic E-state index is 0.490. The van der Waals surface area contributed by atoms with Crippen molar-refractivity contribution >= 4 is 16.6 Å². The van der Waals surface area contributed by atoms with Gasteiger partial charge in [-0.2, -0.15) is 16.1 Å². The second-order valence-electron chi connectivity index (χ2n) is 6.31. The van der Waals surface area contributed by atoms with Gasteiger partial charge in [0.1, 0.15) is 6.61 Å². The summed E-state index contributed by atoms with van der Waals surface area (Å²) in [5.74, 6) is 6.02. The van der Waals surface area contributed by atoms with Crippen molar-refractivity contribution in [3.05, 3.63) is 59.3 Å². The summed E-state index contributed by atoms with van der Waals surface area (Å²) in [6.07, 6.45) is 4.18. The molecular weight excluding hydrogens is 318 g/mol. The zero-order chi connectivity index (χ0) is 17.2. The smallest absolute Gasteiger partial charge is 0.220 e. The average Bonchev–Trinajstić information content (AvgIpc) is 3.00. The molecule has 0 unspecified atom stereocenters. The fourth-order valence-electron chi connectivity index (χ4n) is 3.67. The highest BCUT2D eigenvalue weighted by Crippen LogP contribution is 2.39. The minimum Gasteiger partial charge on any atom is -0.409 e. The van der Waals surface area contributed by atoms with E-state index < -0.39 is 0 Å². The van der Waals surface area contributed by atoms with Crippen molar-refractivity contribution in [2.45, 2.75) is 32.3 Å². The molecule has 0 saturated heterocycles. The van der Waals surface area contributed by atoms with Crippen LogP contribution in [0.25, 0.3) is 10.9 Å². The first kappa shape index (κ1) is 16.0. The number of aromatic nitrogens is 1. The monoisotopic (exact) mass is 340 g/mol. The van der Waals surface area contributed by atoms with Crippen LogP contribution in [0, 0.1) is 0 Å². The number of aryl methyl sites for hydroxylation is 1. The Balaban J connectivity index is 1.83. The molecule has 0 amide bonds. The second-order valence-corrected chi connectivity index (χ2v) is 6.31. The maximum absolute atomic E-state index is 9.47. The Hall–Kier alpha value is -2.54. The van der Waals surface area contributed by atoms with Gasteiger partial charge in [-0.1, -0.05) is 30.3 Å². The van der Waals surface area contributed by atoms with E-state index in [2.05, 4.69) is 0 Å². The molecule has 4 rings (SSSR count). The number of hydrogen-bond donors (Lipinski definition) is 3. The van der Waals surface area contributed by atoms with Crippen LogP contribution in [-0.2, 0) is 19.4 Å². The lowest BCUT2D eigenvalue weighted by Crippen LogP contribution is -2.73. The molecule has 0 saturated carbocycles. The summed E-state index contributed by atoms with van der Waals surface area (Å²) in [7, 11) is 0. The van der Waals surface area contributed by atoms with E-state index >= 15 is 0 Å². The van der Waals surface area contributed by atoms with Gasteiger partial charge in [0.05, 0.1) is 16.6 Å². The molecule has 0 atom stereocenters. The Morgan fingerprint density at radius 1 is 1.08 bits per heavy atom. The van der Waals surface area contributed by atoms with Crippen LogP contribution in [0.3, 0.4) is 0 Å². The van der Waals surface area contributed by atoms with Gasteiger partial charge < -0.3 is 9.68 Å². The maximum Gasteiger partial charge on any atom is 0.220 e. The number of fused-ring (bicyclic) bond motifs is 3. The fraction of sp³-hybridized carbons (Fsp3) is 0.263. The lowest BCUT2D eigenvalue weighted by molar-refractivity contribution is -0.825. The van der Waals surface area contributed by atoms with Gasteiger partial charge in [0.25, 0.3) is 0 Å². The molecule has 25 heavy (non-hydrogen) atoms. The molecule has 0 fully saturated rings. The first-order chi connectivity index (χ1) is 12.3. The van der Waals surface area contributed by atoms with E-state index in [1.807, 2.05) is 41.1 Å². The molecule has 3 aromatic rings. The van der Waals surface area contributed by atoms with Gasteiger partial charge in [-0.15, -0.1) is 0 Å². The average molecular weight is 340 g/mol. The van der Waals surface area contributed by atoms with Gasteiger partial charge in [-0.3, -0.25) is 0 Å². The summed E-state index contributed by atoms with van der Waals surface area (Å²) in [5.41, 5.74) is 6.02. The van der Waals surface area contributed by atoms with Crippen molar-refractivity contribution in [3.8, 4) is 5.75 Å². The molecule has 1 aliphatic rings. The minimum atomic E-state index is 0.490. The molecule has 5 N–H and O–H groups in total. The number of rotatable bonds is 5. The van der Waals surface area contributed by atoms with Gasteiger partial charge in [0, 0.05) is 6.07 Å². The quantitative estimate of drug-likeness (QED) is 0.490. The first-order valence-electron chi connectivity index (χ1n) is 8.54. The molecular formula is C19H22N3O3+. The molecule has 2 aromatic carbocycles. The first-order valence-corrected chi connectivity index (χ1v) is 8.54. The second kappa shape index (κ2) is 6.76. The summed E-state index contributed by atoms with van der Waals surface area (Å²) in [4.78, 5) is 11.3. The molecule has 6 nitrogen and oxygen atoms in total. The molecule has 0 bridgehead atoms. The zero-order valence-electron chi connectivity index (χ0n) is 13.9. The largest absolute Gasteiger partial charge is 0.409 e. The molecule has 130 valence electrons. The fourth-order valence-corrected chi connectivity index (χ4v) is 3.67. The molecule has 0 spiro atoms. The third-order valence-corrected chi connectivity index (χ3v) is 4.83. The topological polar surface area (TPSA) is 86.3 Å². The predicted molar refractivity (Wildman–Crippen MR) is 93.5 cm³/mol. The number of benzene rings is 2. The zero-order valence-corrected chi connectivity index (χ0v) is 13.9. The molecule has 1 aliphatic carbocycles. The van der Waals surface area contributed by atoms with Crippen molar-refractivity contribution in [1.29, 1.82) is 0 Å². The SMILES string of the molecule is NOc1c([NH2+]O)ccc2c1c1c(n2OCc2ccccc2)CCCC1. The summed E-state index contributed by atoms with van der Waals surface area (Å²) >= 11 is 0. The van der Waals surface area contributed by atoms with Crippen molar-refractivity contribution in [2.24, 2.45) is 5.90 Å². The van der Waals surface area contributed by atoms with E-state index in [4.69, 9.17) is 15.6 Å². The highest BCUT2D eigenvalue weighted by atomic mass is 16.7. The maximum atomic E-state index is 9.47. The van der Waals surface area contributed by atoms with E-state index in [9.17, 15) is 5.21 Å². The van der Waals surface area contributed by atoms with Crippen molar-refractivity contribution in [1.82, 2.24) is 4.73 Å². The summed E-state index contributed by atoms with van der Waals surface area (Å²) < 4.78 is 1.92. The van der Waals surface area contributed by atoms with Gasteiger partial charge in [0.2, 0.25) is 11.4 Å². The van der Waals surface area contributed by atoms with Gasteiger partial charge in [0.15, 0.2) is 0 Å². The van der Waals surface area contributed by atoms with Crippen LogP contribution in [0.15, 0.2) is 42.5 Å². The third kappa shape index (κ3) is 2.74. The summed E-state index contributed by atoms with van der Waals surface area (Å²) in [5, 5.41) is 10.4. The van der Waals surface area contributed by atoms with E-state index in [-0.39, 0.29) is 0 Å². The third-order valence-electron chi connectivity index (χ3n) is 4.83. The van der Waals surface area contributed by atoms with E-state index in [1.165, 1.54) is 11.3 Å². The van der Waals surface area contributed by atoms with Crippen molar-refractivity contribution < 1.29 is 20.4 Å². The highest BCUT2D eigenvalue weighted by Gasteiger charge is 2.26. The Kier molecular flexibility index (Phi) is 4.31. The lowest BCUT2D eigenvalue weighted by atomic mass is 9.95. The number of hydrogen-bond acceptors (Lipinski definition) is 4. The van der Waals surface area contributed by atoms with Crippen LogP contribution >= 0.6 is 0 Å². The lowest BCUT2D eigenvalue weighted by Gasteiger charge is -2.16. The van der Waals surface area contributed by atoms with Crippen molar-refractivity contribution in [2.75, 3.05) is 0 Å². The van der Waals surface area contributed by atoms with Crippen LogP contribution in [0.5, 0.6) is 5.75 Å². The van der Waals surface area contributed by atoms with Crippen LogP contribution in [0.4, 0.5) is 5.69 Å². The van der Waals surface area contributed by atoms with Crippen molar-refractivity contribution in [3.63, 3.8) is 0 Å². The Morgan fingerprint density at radius 2 is 1.88 bits per heavy atom. The van der Waals surface area contributed by atoms with Gasteiger partial charge >= 0.3 is 0 Å². The number of nitrogens with two attached hydrogens (primary N) is 2. The predicted octanol–water partition coefficient (Wildman–Crippen LogP) is 1.99. The van der Waals surface area contributed by atoms with Gasteiger partial charge in [-0.25, -0.2) is 5.21 Å². The van der Waals surface area contributed by atoms with Crippen LogP contribution in [0.2, 0.25) is 0 Å². The van der Waals surface area contributed by atoms with Crippen LogP contribution < -0.4 is 21.1 Å². The Morgan fingerprint density at radius 3 is 2.64 bits per heavy atom. The van der Waals surface area contributed by atoms with E-state index in [1.54, 1.807) is 6.07 Å². The van der Waals surface area contributed by atoms with Gasteiger partial charge in [-0.05, 0) is 42.9 Å². The standard InChI is InChI=1S/C19H21N3O3/c20-25-19-15(21-23)10-11-17-18(19)14-8-4-5-9-16(14)22(17)24-12-13-6-2-1-3-7-13/h1-3,6-7,10-11,21,23H,4-5,8-9,12,20H2/p+1. The number of nitrogens with zero attached hydrogens (tertiary/aromatic N) is 1. The van der Waals surface area contributed by atoms with Crippen LogP contribution in [0.1, 0.15) is 29.7 Å². The van der Waals surface area contributed by atoms with E-state index in [0.717, 1.165) is 47.6 Å². The Labute approximate surface area is 145 Å². The molecule has 6 heteroatoms. The Bertz CT molecular complexity index is 890. The van der Waals surface area contributed by atoms with Crippen LogP contribution in [-0.4, -0.2) is 9.94 Å². The number of quaternary nitrogens is 1. The summed E-state index contributed by atoms with van der Waals surface area (Å²) in [6, 6.07) is 13.8. The van der Waals surface area contributed by atoms with E-state index in [0.29, 0.717) is 18.0 Å². The molecule has 1 aromatic heterocycles. The summed E-state index contributed by atoms with van der Waals surface area (Å²) in [6.45, 7) is 0.490. The molecule has 1 heterocycles.